The Morgan fingerprint density at radius 1 is 1.14 bits per heavy atom. The molecule has 114 valence electrons. The number of benzene rings is 1. The van der Waals surface area contributed by atoms with Crippen molar-refractivity contribution in [3.05, 3.63) is 41.3 Å². The van der Waals surface area contributed by atoms with Crippen LogP contribution in [0.4, 0.5) is 0 Å². The van der Waals surface area contributed by atoms with Crippen molar-refractivity contribution < 1.29 is 17.9 Å². The van der Waals surface area contributed by atoms with Gasteiger partial charge in [0.2, 0.25) is 0 Å². The van der Waals surface area contributed by atoms with E-state index < -0.39 is 10.0 Å². The summed E-state index contributed by atoms with van der Waals surface area (Å²) in [6.07, 6.45) is 0. The van der Waals surface area contributed by atoms with Gasteiger partial charge in [-0.25, -0.2) is 8.42 Å². The van der Waals surface area contributed by atoms with E-state index in [1.807, 2.05) is 12.1 Å². The molecule has 0 N–H and O–H groups in total. The van der Waals surface area contributed by atoms with Gasteiger partial charge in [-0.2, -0.15) is 4.31 Å². The lowest BCUT2D eigenvalue weighted by atomic mass is 10.2. The molecule has 0 fully saturated rings. The van der Waals surface area contributed by atoms with Crippen LogP contribution in [0.25, 0.3) is 0 Å². The standard InChI is InChI=1S/C14H17NO4S2/c1-15(21(16,17)13-8-5-9-20-13)10-11-6-4-7-12(18-2)14(11)19-3/h4-9H,10H2,1-3H3. The summed E-state index contributed by atoms with van der Waals surface area (Å²) < 4.78 is 37.0. The predicted molar refractivity (Wildman–Crippen MR) is 82.5 cm³/mol. The molecular weight excluding hydrogens is 310 g/mol. The molecule has 0 aliphatic rings. The zero-order valence-corrected chi connectivity index (χ0v) is 13.7. The number of rotatable bonds is 6. The van der Waals surface area contributed by atoms with E-state index in [9.17, 15) is 8.42 Å². The van der Waals surface area contributed by atoms with Gasteiger partial charge in [-0.3, -0.25) is 0 Å². The topological polar surface area (TPSA) is 55.8 Å². The molecule has 0 radical (unpaired) electrons. The molecule has 21 heavy (non-hydrogen) atoms. The molecule has 0 spiro atoms. The lowest BCUT2D eigenvalue weighted by Gasteiger charge is -2.19. The van der Waals surface area contributed by atoms with Crippen LogP contribution < -0.4 is 9.47 Å². The van der Waals surface area contributed by atoms with Crippen LogP contribution in [0.1, 0.15) is 5.56 Å². The summed E-state index contributed by atoms with van der Waals surface area (Å²) in [4.78, 5) is 0. The Hall–Kier alpha value is -1.57. The number of hydrogen-bond acceptors (Lipinski definition) is 5. The second kappa shape index (κ2) is 6.46. The molecular formula is C14H17NO4S2. The highest BCUT2D eigenvalue weighted by atomic mass is 32.2. The van der Waals surface area contributed by atoms with Gasteiger partial charge < -0.3 is 9.47 Å². The van der Waals surface area contributed by atoms with Crippen LogP contribution in [0.3, 0.4) is 0 Å². The van der Waals surface area contributed by atoms with Crippen molar-refractivity contribution in [3.63, 3.8) is 0 Å². The summed E-state index contributed by atoms with van der Waals surface area (Å²) in [6.45, 7) is 0.209. The highest BCUT2D eigenvalue weighted by Gasteiger charge is 2.23. The molecule has 0 aliphatic carbocycles. The van der Waals surface area contributed by atoms with Gasteiger partial charge in [0.05, 0.1) is 14.2 Å². The van der Waals surface area contributed by atoms with E-state index in [-0.39, 0.29) is 6.54 Å². The van der Waals surface area contributed by atoms with Gasteiger partial charge in [0, 0.05) is 19.2 Å². The molecule has 0 atom stereocenters. The smallest absolute Gasteiger partial charge is 0.252 e. The molecule has 1 heterocycles. The Morgan fingerprint density at radius 3 is 2.48 bits per heavy atom. The van der Waals surface area contributed by atoms with Crippen LogP contribution in [0.15, 0.2) is 39.9 Å². The Kier molecular flexibility index (Phi) is 4.87. The Bertz CT molecular complexity index is 696. The minimum atomic E-state index is -3.48. The first-order valence-corrected chi connectivity index (χ1v) is 8.52. The first-order chi connectivity index (χ1) is 10.0. The normalized spacial score (nSPS) is 11.6. The minimum Gasteiger partial charge on any atom is -0.493 e. The maximum Gasteiger partial charge on any atom is 0.252 e. The minimum absolute atomic E-state index is 0.209. The van der Waals surface area contributed by atoms with E-state index in [4.69, 9.17) is 9.47 Å². The molecule has 1 aromatic carbocycles. The maximum atomic E-state index is 12.4. The first-order valence-electron chi connectivity index (χ1n) is 6.20. The maximum absolute atomic E-state index is 12.4. The SMILES string of the molecule is COc1cccc(CN(C)S(=O)(=O)c2cccs2)c1OC. The lowest BCUT2D eigenvalue weighted by Crippen LogP contribution is -2.26. The van der Waals surface area contributed by atoms with Crippen molar-refractivity contribution in [1.29, 1.82) is 0 Å². The van der Waals surface area contributed by atoms with Crippen molar-refractivity contribution in [2.75, 3.05) is 21.3 Å². The average Bonchev–Trinajstić information content (AvgIpc) is 3.01. The third-order valence-electron chi connectivity index (χ3n) is 3.04. The van der Waals surface area contributed by atoms with Gasteiger partial charge in [-0.05, 0) is 17.5 Å². The van der Waals surface area contributed by atoms with Crippen molar-refractivity contribution in [2.45, 2.75) is 10.8 Å². The fraction of sp³-hybridized carbons (Fsp3) is 0.286. The van der Waals surface area contributed by atoms with Crippen LogP contribution in [0.2, 0.25) is 0 Å². The van der Waals surface area contributed by atoms with Gasteiger partial charge >= 0.3 is 0 Å². The number of hydrogen-bond donors (Lipinski definition) is 0. The zero-order chi connectivity index (χ0) is 15.5. The van der Waals surface area contributed by atoms with E-state index >= 15 is 0 Å². The molecule has 0 aliphatic heterocycles. The van der Waals surface area contributed by atoms with Gasteiger partial charge in [-0.1, -0.05) is 18.2 Å². The highest BCUT2D eigenvalue weighted by Crippen LogP contribution is 2.32. The monoisotopic (exact) mass is 327 g/mol. The number of nitrogens with zero attached hydrogens (tertiary/aromatic N) is 1. The van der Waals surface area contributed by atoms with Gasteiger partial charge in [0.15, 0.2) is 11.5 Å². The fourth-order valence-electron chi connectivity index (χ4n) is 1.97. The third-order valence-corrected chi connectivity index (χ3v) is 6.21. The number of thiophene rings is 1. The van der Waals surface area contributed by atoms with Gasteiger partial charge in [0.25, 0.3) is 10.0 Å². The quantitative estimate of drug-likeness (QED) is 0.818. The second-order valence-electron chi connectivity index (χ2n) is 4.35. The average molecular weight is 327 g/mol. The summed E-state index contributed by atoms with van der Waals surface area (Å²) in [5.41, 5.74) is 0.750. The Morgan fingerprint density at radius 2 is 1.90 bits per heavy atom. The van der Waals surface area contributed by atoms with Crippen LogP contribution in [0.5, 0.6) is 11.5 Å². The molecule has 0 amide bonds. The molecule has 5 nitrogen and oxygen atoms in total. The van der Waals surface area contributed by atoms with E-state index in [2.05, 4.69) is 0 Å². The third kappa shape index (κ3) is 3.20. The molecule has 2 rings (SSSR count). The lowest BCUT2D eigenvalue weighted by molar-refractivity contribution is 0.347. The fourth-order valence-corrected chi connectivity index (χ4v) is 4.32. The van der Waals surface area contributed by atoms with E-state index in [1.165, 1.54) is 22.8 Å². The van der Waals surface area contributed by atoms with Gasteiger partial charge in [-0.15, -0.1) is 11.3 Å². The Labute approximate surface area is 128 Å². The van der Waals surface area contributed by atoms with Crippen molar-refractivity contribution in [1.82, 2.24) is 4.31 Å². The van der Waals surface area contributed by atoms with Crippen molar-refractivity contribution >= 4 is 21.4 Å². The van der Waals surface area contributed by atoms with E-state index in [0.29, 0.717) is 15.7 Å². The van der Waals surface area contributed by atoms with Crippen LogP contribution in [-0.2, 0) is 16.6 Å². The summed E-state index contributed by atoms with van der Waals surface area (Å²) in [7, 11) is 1.15. The van der Waals surface area contributed by atoms with Crippen LogP contribution in [-0.4, -0.2) is 34.0 Å². The predicted octanol–water partition coefficient (Wildman–Crippen LogP) is 2.59. The van der Waals surface area contributed by atoms with Crippen LogP contribution >= 0.6 is 11.3 Å². The van der Waals surface area contributed by atoms with E-state index in [1.54, 1.807) is 37.7 Å². The van der Waals surface area contributed by atoms with Crippen LogP contribution in [0, 0.1) is 0 Å². The highest BCUT2D eigenvalue weighted by molar-refractivity contribution is 7.91. The first kappa shape index (κ1) is 15.8. The molecule has 0 bridgehead atoms. The molecule has 7 heteroatoms. The number of sulfonamides is 1. The molecule has 0 unspecified atom stereocenters. The van der Waals surface area contributed by atoms with Gasteiger partial charge in [0.1, 0.15) is 4.21 Å². The van der Waals surface area contributed by atoms with E-state index in [0.717, 1.165) is 5.56 Å². The summed E-state index contributed by atoms with van der Waals surface area (Å²) in [6, 6.07) is 8.72. The molecule has 1 aromatic heterocycles. The van der Waals surface area contributed by atoms with Crippen molar-refractivity contribution in [3.8, 4) is 11.5 Å². The zero-order valence-electron chi connectivity index (χ0n) is 12.1. The molecule has 0 saturated heterocycles. The summed E-state index contributed by atoms with van der Waals surface area (Å²) >= 11 is 1.20. The number of ether oxygens (including phenoxy) is 2. The van der Waals surface area contributed by atoms with Crippen molar-refractivity contribution in [2.24, 2.45) is 0 Å². The molecule has 2 aromatic rings. The number of methoxy groups -OCH3 is 2. The molecule has 0 saturated carbocycles. The second-order valence-corrected chi connectivity index (χ2v) is 7.57. The number of para-hydroxylation sites is 1. The summed E-state index contributed by atoms with van der Waals surface area (Å²) in [5.74, 6) is 1.13. The largest absolute Gasteiger partial charge is 0.493 e. The Balaban J connectivity index is 2.30. The summed E-state index contributed by atoms with van der Waals surface area (Å²) in [5, 5.41) is 1.74.